The summed E-state index contributed by atoms with van der Waals surface area (Å²) >= 11 is 7.19. The Bertz CT molecular complexity index is 530. The summed E-state index contributed by atoms with van der Waals surface area (Å²) in [5.74, 6) is 0. The number of hydrogen-bond acceptors (Lipinski definition) is 3. The van der Waals surface area contributed by atoms with E-state index in [4.69, 9.17) is 0 Å². The highest BCUT2D eigenvalue weighted by Crippen LogP contribution is 2.30. The molecule has 1 nitrogen and oxygen atoms in total. The standard InChI is InChI=1S/C14H18BrNS2/c1-8-5-13(11(4)18-8)9(2)16-10(3)14-6-12(15)7-17-14/h5-7,9-10,16H,1-4H3. The van der Waals surface area contributed by atoms with Crippen molar-refractivity contribution in [3.63, 3.8) is 0 Å². The molecule has 0 amide bonds. The zero-order chi connectivity index (χ0) is 13.3. The van der Waals surface area contributed by atoms with E-state index in [1.54, 1.807) is 11.3 Å². The molecule has 0 aliphatic heterocycles. The fourth-order valence-corrected chi connectivity index (χ4v) is 4.67. The van der Waals surface area contributed by atoms with E-state index in [0.717, 1.165) is 0 Å². The Kier molecular flexibility index (Phi) is 4.64. The number of halogens is 1. The maximum atomic E-state index is 3.68. The van der Waals surface area contributed by atoms with Crippen LogP contribution in [0.3, 0.4) is 0 Å². The van der Waals surface area contributed by atoms with Crippen molar-refractivity contribution in [1.29, 1.82) is 0 Å². The third-order valence-electron chi connectivity index (χ3n) is 3.06. The Labute approximate surface area is 125 Å². The fraction of sp³-hybridized carbons (Fsp3) is 0.429. The molecule has 2 unspecified atom stereocenters. The van der Waals surface area contributed by atoms with Crippen molar-refractivity contribution in [1.82, 2.24) is 5.32 Å². The predicted octanol–water partition coefficient (Wildman–Crippen LogP) is 5.60. The Morgan fingerprint density at radius 2 is 1.89 bits per heavy atom. The lowest BCUT2D eigenvalue weighted by Gasteiger charge is -2.19. The van der Waals surface area contributed by atoms with E-state index in [1.807, 2.05) is 11.3 Å². The summed E-state index contributed by atoms with van der Waals surface area (Å²) in [5.41, 5.74) is 1.43. The molecule has 1 N–H and O–H groups in total. The normalized spacial score (nSPS) is 14.7. The van der Waals surface area contributed by atoms with Gasteiger partial charge in [-0.1, -0.05) is 0 Å². The maximum Gasteiger partial charge on any atom is 0.0391 e. The average Bonchev–Trinajstić information content (AvgIpc) is 2.84. The maximum absolute atomic E-state index is 3.68. The molecule has 0 radical (unpaired) electrons. The van der Waals surface area contributed by atoms with Gasteiger partial charge < -0.3 is 5.32 Å². The molecule has 2 atom stereocenters. The highest BCUT2D eigenvalue weighted by atomic mass is 79.9. The first-order chi connectivity index (χ1) is 8.47. The van der Waals surface area contributed by atoms with Crippen molar-refractivity contribution in [2.24, 2.45) is 0 Å². The molecular weight excluding hydrogens is 326 g/mol. The Balaban J connectivity index is 2.07. The number of hydrogen-bond donors (Lipinski definition) is 1. The molecule has 4 heteroatoms. The van der Waals surface area contributed by atoms with Gasteiger partial charge >= 0.3 is 0 Å². The summed E-state index contributed by atoms with van der Waals surface area (Å²) in [4.78, 5) is 4.19. The second-order valence-corrected chi connectivity index (χ2v) is 7.96. The molecule has 0 aromatic carbocycles. The molecule has 98 valence electrons. The van der Waals surface area contributed by atoms with Gasteiger partial charge in [0.2, 0.25) is 0 Å². The minimum Gasteiger partial charge on any atom is -0.303 e. The molecule has 18 heavy (non-hydrogen) atoms. The molecule has 0 aliphatic rings. The minimum atomic E-state index is 0.385. The van der Waals surface area contributed by atoms with E-state index >= 15 is 0 Å². The SMILES string of the molecule is Cc1cc(C(C)NC(C)c2cc(Br)cs2)c(C)s1. The van der Waals surface area contributed by atoms with E-state index in [9.17, 15) is 0 Å². The van der Waals surface area contributed by atoms with Crippen molar-refractivity contribution in [2.45, 2.75) is 39.8 Å². The second-order valence-electron chi connectivity index (χ2n) is 4.65. The lowest BCUT2D eigenvalue weighted by atomic mass is 10.1. The lowest BCUT2D eigenvalue weighted by Crippen LogP contribution is -2.21. The molecule has 0 saturated heterocycles. The third-order valence-corrected chi connectivity index (χ3v) is 5.92. The third kappa shape index (κ3) is 3.23. The van der Waals surface area contributed by atoms with Gasteiger partial charge in [-0.25, -0.2) is 0 Å². The number of thiophene rings is 2. The van der Waals surface area contributed by atoms with Crippen LogP contribution in [0, 0.1) is 13.8 Å². The lowest BCUT2D eigenvalue weighted by molar-refractivity contribution is 0.499. The van der Waals surface area contributed by atoms with Crippen LogP contribution in [-0.4, -0.2) is 0 Å². The number of nitrogens with one attached hydrogen (secondary N) is 1. The zero-order valence-corrected chi connectivity index (χ0v) is 14.3. The largest absolute Gasteiger partial charge is 0.303 e. The summed E-state index contributed by atoms with van der Waals surface area (Å²) in [6.07, 6.45) is 0. The predicted molar refractivity (Wildman–Crippen MR) is 85.8 cm³/mol. The molecule has 0 aliphatic carbocycles. The molecule has 2 aromatic rings. The Morgan fingerprint density at radius 3 is 2.39 bits per heavy atom. The molecule has 0 saturated carbocycles. The van der Waals surface area contributed by atoms with Crippen molar-refractivity contribution in [3.05, 3.63) is 42.2 Å². The van der Waals surface area contributed by atoms with Gasteiger partial charge in [0.25, 0.3) is 0 Å². The van der Waals surface area contributed by atoms with E-state index in [1.165, 1.54) is 24.7 Å². The van der Waals surface area contributed by atoms with Gasteiger partial charge in [-0.2, -0.15) is 0 Å². The van der Waals surface area contributed by atoms with Gasteiger partial charge in [-0.15, -0.1) is 22.7 Å². The average molecular weight is 344 g/mol. The minimum absolute atomic E-state index is 0.385. The number of rotatable bonds is 4. The molecule has 2 rings (SSSR count). The van der Waals surface area contributed by atoms with Crippen LogP contribution < -0.4 is 5.32 Å². The Morgan fingerprint density at radius 1 is 1.17 bits per heavy atom. The van der Waals surface area contributed by atoms with Gasteiger partial charge in [0.1, 0.15) is 0 Å². The summed E-state index contributed by atoms with van der Waals surface area (Å²) in [5, 5.41) is 5.81. The van der Waals surface area contributed by atoms with Crippen molar-refractivity contribution < 1.29 is 0 Å². The zero-order valence-electron chi connectivity index (χ0n) is 11.1. The van der Waals surface area contributed by atoms with Crippen LogP contribution in [0.1, 0.15) is 46.1 Å². The summed E-state index contributed by atoms with van der Waals surface area (Å²) < 4.78 is 1.17. The summed E-state index contributed by atoms with van der Waals surface area (Å²) in [7, 11) is 0. The Hall–Kier alpha value is -0.160. The summed E-state index contributed by atoms with van der Waals surface area (Å²) in [6.45, 7) is 8.85. The van der Waals surface area contributed by atoms with Crippen LogP contribution in [0.2, 0.25) is 0 Å². The van der Waals surface area contributed by atoms with Crippen molar-refractivity contribution >= 4 is 38.6 Å². The van der Waals surface area contributed by atoms with Crippen LogP contribution >= 0.6 is 38.6 Å². The highest BCUT2D eigenvalue weighted by Gasteiger charge is 2.15. The summed E-state index contributed by atoms with van der Waals surface area (Å²) in [6, 6.07) is 5.27. The van der Waals surface area contributed by atoms with Crippen molar-refractivity contribution in [3.8, 4) is 0 Å². The molecule has 0 bridgehead atoms. The van der Waals surface area contributed by atoms with E-state index in [2.05, 4.69) is 66.5 Å². The van der Waals surface area contributed by atoms with E-state index in [0.29, 0.717) is 12.1 Å². The molecule has 0 spiro atoms. The van der Waals surface area contributed by atoms with Crippen LogP contribution in [0.25, 0.3) is 0 Å². The first-order valence-electron chi connectivity index (χ1n) is 6.04. The molecular formula is C14H18BrNS2. The molecule has 0 fully saturated rings. The first kappa shape index (κ1) is 14.3. The highest BCUT2D eigenvalue weighted by molar-refractivity contribution is 9.10. The van der Waals surface area contributed by atoms with Gasteiger partial charge in [0, 0.05) is 36.6 Å². The topological polar surface area (TPSA) is 12.0 Å². The van der Waals surface area contributed by atoms with Gasteiger partial charge in [0.05, 0.1) is 0 Å². The first-order valence-corrected chi connectivity index (χ1v) is 8.53. The van der Waals surface area contributed by atoms with E-state index < -0.39 is 0 Å². The van der Waals surface area contributed by atoms with Crippen LogP contribution in [0.5, 0.6) is 0 Å². The number of aryl methyl sites for hydroxylation is 2. The quantitative estimate of drug-likeness (QED) is 0.761. The molecule has 2 heterocycles. The van der Waals surface area contributed by atoms with Gasteiger partial charge in [-0.3, -0.25) is 0 Å². The van der Waals surface area contributed by atoms with Crippen molar-refractivity contribution in [2.75, 3.05) is 0 Å². The van der Waals surface area contributed by atoms with E-state index in [-0.39, 0.29) is 0 Å². The monoisotopic (exact) mass is 343 g/mol. The van der Waals surface area contributed by atoms with Crippen LogP contribution in [0.4, 0.5) is 0 Å². The second kappa shape index (κ2) is 5.87. The van der Waals surface area contributed by atoms with Gasteiger partial charge in [-0.05, 0) is 61.3 Å². The smallest absolute Gasteiger partial charge is 0.0391 e. The van der Waals surface area contributed by atoms with Gasteiger partial charge in [0.15, 0.2) is 0 Å². The van der Waals surface area contributed by atoms with Crippen LogP contribution in [0.15, 0.2) is 22.0 Å². The fourth-order valence-electron chi connectivity index (χ4n) is 2.18. The van der Waals surface area contributed by atoms with Crippen LogP contribution in [-0.2, 0) is 0 Å². The molecule has 2 aromatic heterocycles.